The minimum Gasteiger partial charge on any atom is -0.357 e. The smallest absolute Gasteiger partial charge is 0.212 e. The lowest BCUT2D eigenvalue weighted by molar-refractivity contribution is -0.242. The van der Waals surface area contributed by atoms with E-state index in [4.69, 9.17) is 0 Å². The monoisotopic (exact) mass is 378 g/mol. The molecule has 0 bridgehead atoms. The van der Waals surface area contributed by atoms with E-state index in [-0.39, 0.29) is 4.90 Å². The molecule has 0 radical (unpaired) electrons. The molecule has 1 aliphatic rings. The van der Waals surface area contributed by atoms with Gasteiger partial charge in [0, 0.05) is 45.1 Å². The molecule has 1 N–H and O–H groups in total. The number of imidazole rings is 1. The van der Waals surface area contributed by atoms with Gasteiger partial charge < -0.3 is 5.11 Å². The summed E-state index contributed by atoms with van der Waals surface area (Å²) in [6.45, 7) is 3.60. The third-order valence-electron chi connectivity index (χ3n) is 5.02. The third kappa shape index (κ3) is 3.83. The molecule has 1 saturated heterocycles. The van der Waals surface area contributed by atoms with Gasteiger partial charge in [-0.05, 0) is 25.0 Å². The highest BCUT2D eigenvalue weighted by Gasteiger charge is 2.33. The second-order valence-corrected chi connectivity index (χ2v) is 8.99. The fraction of sp³-hybridized carbons (Fsp3) is 0.500. The van der Waals surface area contributed by atoms with Crippen molar-refractivity contribution < 1.29 is 13.5 Å². The van der Waals surface area contributed by atoms with Gasteiger partial charge in [-0.3, -0.25) is 4.57 Å². The van der Waals surface area contributed by atoms with Crippen molar-refractivity contribution in [2.75, 3.05) is 26.4 Å². The summed E-state index contributed by atoms with van der Waals surface area (Å²) in [5.41, 5.74) is 1.48. The molecule has 0 aliphatic carbocycles. The molecule has 1 unspecified atom stereocenters. The quantitative estimate of drug-likeness (QED) is 0.801. The number of aromatic nitrogens is 2. The normalized spacial score (nSPS) is 18.8. The molecule has 1 atom stereocenters. The lowest BCUT2D eigenvalue weighted by Crippen LogP contribution is -2.55. The summed E-state index contributed by atoms with van der Waals surface area (Å²) in [5.74, 6) is -1.24. The number of hydrazine groups is 1. The minimum absolute atomic E-state index is 0.275. The SMILES string of the molecule is CN(N1CCCCC1)C(C)(O)n1cnc(-c2ccc(S(C)(=O)=O)cc2)c1. The first-order chi connectivity index (χ1) is 12.2. The average molecular weight is 378 g/mol. The number of sulfone groups is 1. The standard InChI is InChI=1S/C18H26N4O3S/c1-18(23,20(2)22-11-5-4-6-12-22)21-13-17(19-14-21)15-7-9-16(10-8-15)26(3,24)25/h7-10,13-14,23H,4-6,11-12H2,1-3H3. The number of nitrogens with zero attached hydrogens (tertiary/aromatic N) is 4. The van der Waals surface area contributed by atoms with Crippen LogP contribution in [0.5, 0.6) is 0 Å². The van der Waals surface area contributed by atoms with E-state index in [0.717, 1.165) is 31.5 Å². The summed E-state index contributed by atoms with van der Waals surface area (Å²) in [6, 6.07) is 6.60. The molecular weight excluding hydrogens is 352 g/mol. The van der Waals surface area contributed by atoms with Crippen molar-refractivity contribution in [2.45, 2.75) is 36.9 Å². The molecule has 8 heteroatoms. The summed E-state index contributed by atoms with van der Waals surface area (Å²) in [7, 11) is -1.34. The van der Waals surface area contributed by atoms with Gasteiger partial charge in [0.1, 0.15) is 0 Å². The molecule has 1 aliphatic heterocycles. The van der Waals surface area contributed by atoms with Gasteiger partial charge in [0.15, 0.2) is 9.84 Å². The lowest BCUT2D eigenvalue weighted by Gasteiger charge is -2.43. The Morgan fingerprint density at radius 2 is 1.77 bits per heavy atom. The van der Waals surface area contributed by atoms with Crippen LogP contribution in [0.3, 0.4) is 0 Å². The summed E-state index contributed by atoms with van der Waals surface area (Å²) in [4.78, 5) is 4.66. The molecule has 1 aromatic carbocycles. The van der Waals surface area contributed by atoms with Crippen molar-refractivity contribution in [1.29, 1.82) is 0 Å². The van der Waals surface area contributed by atoms with E-state index in [1.165, 1.54) is 12.7 Å². The van der Waals surface area contributed by atoms with Crippen LogP contribution in [-0.4, -0.2) is 59.5 Å². The maximum Gasteiger partial charge on any atom is 0.212 e. The van der Waals surface area contributed by atoms with E-state index >= 15 is 0 Å². The van der Waals surface area contributed by atoms with Crippen LogP contribution in [0.25, 0.3) is 11.3 Å². The summed E-state index contributed by atoms with van der Waals surface area (Å²) >= 11 is 0. The largest absolute Gasteiger partial charge is 0.357 e. The van der Waals surface area contributed by atoms with Gasteiger partial charge in [-0.1, -0.05) is 18.6 Å². The second kappa shape index (κ2) is 7.11. The fourth-order valence-corrected chi connectivity index (χ4v) is 3.82. The van der Waals surface area contributed by atoms with Crippen molar-refractivity contribution in [1.82, 2.24) is 19.6 Å². The number of benzene rings is 1. The first-order valence-corrected chi connectivity index (χ1v) is 10.6. The molecule has 2 aromatic rings. The highest BCUT2D eigenvalue weighted by Crippen LogP contribution is 2.25. The number of piperidine rings is 1. The number of hydrogen-bond donors (Lipinski definition) is 1. The van der Waals surface area contributed by atoms with Crippen molar-refractivity contribution in [3.05, 3.63) is 36.8 Å². The molecule has 3 rings (SSSR count). The Balaban J connectivity index is 1.82. The Morgan fingerprint density at radius 1 is 1.15 bits per heavy atom. The summed E-state index contributed by atoms with van der Waals surface area (Å²) in [6.07, 6.45) is 8.04. The highest BCUT2D eigenvalue weighted by molar-refractivity contribution is 7.90. The van der Waals surface area contributed by atoms with Gasteiger partial charge in [0.05, 0.1) is 16.9 Å². The van der Waals surface area contributed by atoms with Crippen molar-refractivity contribution in [2.24, 2.45) is 0 Å². The van der Waals surface area contributed by atoms with Crippen LogP contribution >= 0.6 is 0 Å². The molecule has 142 valence electrons. The van der Waals surface area contributed by atoms with Gasteiger partial charge in [-0.25, -0.2) is 18.4 Å². The summed E-state index contributed by atoms with van der Waals surface area (Å²) < 4.78 is 24.8. The van der Waals surface area contributed by atoms with Crippen LogP contribution in [0.1, 0.15) is 26.2 Å². The summed E-state index contributed by atoms with van der Waals surface area (Å²) in [5, 5.41) is 15.1. The Hall–Kier alpha value is -1.74. The predicted octanol–water partition coefficient (Wildman–Crippen LogP) is 1.91. The maximum atomic E-state index is 11.6. The predicted molar refractivity (Wildman–Crippen MR) is 99.8 cm³/mol. The Morgan fingerprint density at radius 3 is 2.35 bits per heavy atom. The van der Waals surface area contributed by atoms with Crippen LogP contribution in [0.2, 0.25) is 0 Å². The van der Waals surface area contributed by atoms with Gasteiger partial charge in [-0.15, -0.1) is 0 Å². The first-order valence-electron chi connectivity index (χ1n) is 8.75. The van der Waals surface area contributed by atoms with E-state index in [0.29, 0.717) is 5.69 Å². The zero-order valence-corrected chi connectivity index (χ0v) is 16.3. The molecule has 26 heavy (non-hydrogen) atoms. The zero-order valence-electron chi connectivity index (χ0n) is 15.5. The Kier molecular flexibility index (Phi) is 5.21. The van der Waals surface area contributed by atoms with E-state index in [1.807, 2.05) is 12.1 Å². The third-order valence-corrected chi connectivity index (χ3v) is 6.15. The highest BCUT2D eigenvalue weighted by atomic mass is 32.2. The number of hydrogen-bond acceptors (Lipinski definition) is 6. The number of rotatable bonds is 5. The molecule has 1 fully saturated rings. The van der Waals surface area contributed by atoms with Crippen LogP contribution in [0, 0.1) is 0 Å². The van der Waals surface area contributed by atoms with Crippen LogP contribution in [-0.2, 0) is 15.7 Å². The Bertz CT molecular complexity index is 853. The molecular formula is C18H26N4O3S. The van der Waals surface area contributed by atoms with Gasteiger partial charge in [0.25, 0.3) is 0 Å². The number of aliphatic hydroxyl groups is 1. The molecule has 7 nitrogen and oxygen atoms in total. The van der Waals surface area contributed by atoms with Gasteiger partial charge >= 0.3 is 0 Å². The maximum absolute atomic E-state index is 11.6. The van der Waals surface area contributed by atoms with E-state index < -0.39 is 15.7 Å². The first kappa shape index (κ1) is 19.0. The Labute approximate surface area is 154 Å². The van der Waals surface area contributed by atoms with E-state index in [9.17, 15) is 13.5 Å². The minimum atomic E-state index is -3.22. The fourth-order valence-electron chi connectivity index (χ4n) is 3.19. The van der Waals surface area contributed by atoms with Crippen molar-refractivity contribution in [3.63, 3.8) is 0 Å². The van der Waals surface area contributed by atoms with Crippen LogP contribution < -0.4 is 0 Å². The molecule has 2 heterocycles. The van der Waals surface area contributed by atoms with E-state index in [1.54, 1.807) is 48.3 Å². The molecule has 1 aromatic heterocycles. The molecule has 0 saturated carbocycles. The van der Waals surface area contributed by atoms with Crippen molar-refractivity contribution in [3.8, 4) is 11.3 Å². The average Bonchev–Trinajstić information content (AvgIpc) is 3.12. The topological polar surface area (TPSA) is 78.7 Å². The van der Waals surface area contributed by atoms with Gasteiger partial charge in [0.2, 0.25) is 5.85 Å². The van der Waals surface area contributed by atoms with Crippen molar-refractivity contribution >= 4 is 9.84 Å². The van der Waals surface area contributed by atoms with Crippen LogP contribution in [0.4, 0.5) is 0 Å². The lowest BCUT2D eigenvalue weighted by atomic mass is 10.1. The molecule has 0 spiro atoms. The van der Waals surface area contributed by atoms with Gasteiger partial charge in [-0.2, -0.15) is 5.01 Å². The molecule has 0 amide bonds. The second-order valence-electron chi connectivity index (χ2n) is 6.97. The van der Waals surface area contributed by atoms with Crippen LogP contribution in [0.15, 0.2) is 41.7 Å². The van der Waals surface area contributed by atoms with E-state index in [2.05, 4.69) is 9.99 Å². The zero-order chi connectivity index (χ0) is 18.9.